The van der Waals surface area contributed by atoms with E-state index in [0.29, 0.717) is 17.5 Å². The highest BCUT2D eigenvalue weighted by Gasteiger charge is 2.33. The standard InChI is InChI=1S/C16H27F3N6S/c1-3-20-15(21-5-8-25-7-4-6-24(2)9-10-25)22-11-14-23-13(12-26-14)16(17,18)19/h12H,3-11H2,1-2H3,(H2,20,21,22). The number of halogens is 3. The van der Waals surface area contributed by atoms with Crippen molar-refractivity contribution in [3.8, 4) is 0 Å². The predicted molar refractivity (Wildman–Crippen MR) is 98.5 cm³/mol. The van der Waals surface area contributed by atoms with Crippen molar-refractivity contribution < 1.29 is 13.2 Å². The molecule has 1 aliphatic rings. The summed E-state index contributed by atoms with van der Waals surface area (Å²) in [5, 5.41) is 7.74. The van der Waals surface area contributed by atoms with Crippen LogP contribution in [0.5, 0.6) is 0 Å². The molecule has 0 unspecified atom stereocenters. The van der Waals surface area contributed by atoms with Crippen molar-refractivity contribution in [3.63, 3.8) is 0 Å². The summed E-state index contributed by atoms with van der Waals surface area (Å²) in [4.78, 5) is 12.7. The molecule has 6 nitrogen and oxygen atoms in total. The topological polar surface area (TPSA) is 55.8 Å². The van der Waals surface area contributed by atoms with Gasteiger partial charge in [0.1, 0.15) is 5.01 Å². The second-order valence-corrected chi connectivity index (χ2v) is 7.19. The van der Waals surface area contributed by atoms with Gasteiger partial charge in [0, 0.05) is 38.1 Å². The van der Waals surface area contributed by atoms with Gasteiger partial charge in [-0.25, -0.2) is 9.98 Å². The lowest BCUT2D eigenvalue weighted by Gasteiger charge is -2.21. The minimum absolute atomic E-state index is 0.130. The number of alkyl halides is 3. The van der Waals surface area contributed by atoms with Crippen molar-refractivity contribution in [2.45, 2.75) is 26.1 Å². The molecule has 0 amide bonds. The van der Waals surface area contributed by atoms with Crippen molar-refractivity contribution in [1.29, 1.82) is 0 Å². The highest BCUT2D eigenvalue weighted by molar-refractivity contribution is 7.09. The van der Waals surface area contributed by atoms with E-state index in [-0.39, 0.29) is 6.54 Å². The van der Waals surface area contributed by atoms with E-state index < -0.39 is 11.9 Å². The number of aromatic nitrogens is 1. The highest BCUT2D eigenvalue weighted by Crippen LogP contribution is 2.30. The number of rotatable bonds is 6. The number of aliphatic imine (C=N–C) groups is 1. The summed E-state index contributed by atoms with van der Waals surface area (Å²) in [7, 11) is 2.14. The number of nitrogens with zero attached hydrogens (tertiary/aromatic N) is 4. The minimum atomic E-state index is -4.40. The molecule has 1 aromatic rings. The molecule has 1 aromatic heterocycles. The van der Waals surface area contributed by atoms with E-state index in [0.717, 1.165) is 62.4 Å². The number of nitrogens with one attached hydrogen (secondary N) is 2. The maximum Gasteiger partial charge on any atom is 0.434 e. The Kier molecular flexibility index (Phi) is 8.11. The van der Waals surface area contributed by atoms with Crippen molar-refractivity contribution in [2.24, 2.45) is 4.99 Å². The smallest absolute Gasteiger partial charge is 0.357 e. The molecule has 0 aromatic carbocycles. The Morgan fingerprint density at radius 3 is 2.77 bits per heavy atom. The predicted octanol–water partition coefficient (Wildman–Crippen LogP) is 1.85. The van der Waals surface area contributed by atoms with E-state index in [9.17, 15) is 13.2 Å². The number of likely N-dealkylation sites (N-methyl/N-ethyl adjacent to an activating group) is 1. The Morgan fingerprint density at radius 2 is 2.08 bits per heavy atom. The van der Waals surface area contributed by atoms with Crippen LogP contribution in [0.15, 0.2) is 10.4 Å². The van der Waals surface area contributed by atoms with Gasteiger partial charge in [0.05, 0.1) is 6.54 Å². The van der Waals surface area contributed by atoms with Gasteiger partial charge < -0.3 is 20.4 Å². The van der Waals surface area contributed by atoms with Crippen LogP contribution in [-0.2, 0) is 12.7 Å². The molecule has 0 aliphatic carbocycles. The molecule has 0 spiro atoms. The molecule has 1 saturated heterocycles. The lowest BCUT2D eigenvalue weighted by atomic mass is 10.4. The summed E-state index contributed by atoms with van der Waals surface area (Å²) in [5.74, 6) is 0.600. The molecule has 0 atom stereocenters. The van der Waals surface area contributed by atoms with Gasteiger partial charge in [-0.1, -0.05) is 0 Å². The molecule has 10 heteroatoms. The summed E-state index contributed by atoms with van der Waals surface area (Å²) in [6, 6.07) is 0. The van der Waals surface area contributed by atoms with E-state index in [2.05, 4.69) is 37.5 Å². The normalized spacial score (nSPS) is 18.0. The van der Waals surface area contributed by atoms with Crippen LogP contribution in [-0.4, -0.2) is 73.6 Å². The number of hydrogen-bond donors (Lipinski definition) is 2. The van der Waals surface area contributed by atoms with Crippen LogP contribution < -0.4 is 10.6 Å². The molecular weight excluding hydrogens is 365 g/mol. The molecule has 0 saturated carbocycles. The van der Waals surface area contributed by atoms with Crippen molar-refractivity contribution in [1.82, 2.24) is 25.4 Å². The Morgan fingerprint density at radius 1 is 1.27 bits per heavy atom. The molecular formula is C16H27F3N6S. The first-order chi connectivity index (χ1) is 12.4. The third kappa shape index (κ3) is 7.08. The maximum absolute atomic E-state index is 12.6. The van der Waals surface area contributed by atoms with E-state index in [1.807, 2.05) is 6.92 Å². The van der Waals surface area contributed by atoms with Gasteiger partial charge in [-0.15, -0.1) is 11.3 Å². The monoisotopic (exact) mass is 392 g/mol. The zero-order valence-electron chi connectivity index (χ0n) is 15.3. The van der Waals surface area contributed by atoms with Gasteiger partial charge in [-0.05, 0) is 33.5 Å². The Labute approximate surface area is 156 Å². The second kappa shape index (κ2) is 10.1. The highest BCUT2D eigenvalue weighted by atomic mass is 32.1. The van der Waals surface area contributed by atoms with E-state index in [1.165, 1.54) is 0 Å². The Balaban J connectivity index is 1.81. The van der Waals surface area contributed by atoms with Gasteiger partial charge in [0.25, 0.3) is 0 Å². The van der Waals surface area contributed by atoms with Gasteiger partial charge in [0.15, 0.2) is 11.7 Å². The van der Waals surface area contributed by atoms with Crippen LogP contribution >= 0.6 is 11.3 Å². The van der Waals surface area contributed by atoms with E-state index >= 15 is 0 Å². The third-order valence-corrected chi connectivity index (χ3v) is 4.93. The van der Waals surface area contributed by atoms with Gasteiger partial charge >= 0.3 is 6.18 Å². The number of guanidine groups is 1. The molecule has 2 heterocycles. The summed E-state index contributed by atoms with van der Waals surface area (Å²) in [6.45, 7) is 8.74. The zero-order chi connectivity index (χ0) is 19.0. The summed E-state index contributed by atoms with van der Waals surface area (Å²) < 4.78 is 37.8. The van der Waals surface area contributed by atoms with Crippen LogP contribution in [0.3, 0.4) is 0 Å². The lowest BCUT2D eigenvalue weighted by molar-refractivity contribution is -0.140. The van der Waals surface area contributed by atoms with Crippen molar-refractivity contribution in [2.75, 3.05) is 52.9 Å². The van der Waals surface area contributed by atoms with Crippen LogP contribution in [0.1, 0.15) is 24.0 Å². The molecule has 0 radical (unpaired) electrons. The van der Waals surface area contributed by atoms with Gasteiger partial charge in [0.2, 0.25) is 0 Å². The zero-order valence-corrected chi connectivity index (χ0v) is 16.1. The molecule has 1 aliphatic heterocycles. The minimum Gasteiger partial charge on any atom is -0.357 e. The molecule has 26 heavy (non-hydrogen) atoms. The Bertz CT molecular complexity index is 575. The Hall–Kier alpha value is -1.39. The average Bonchev–Trinajstić information content (AvgIpc) is 2.97. The largest absolute Gasteiger partial charge is 0.434 e. The summed E-state index contributed by atoms with van der Waals surface area (Å²) >= 11 is 0.979. The van der Waals surface area contributed by atoms with Gasteiger partial charge in [-0.2, -0.15) is 13.2 Å². The quantitative estimate of drug-likeness (QED) is 0.572. The van der Waals surface area contributed by atoms with E-state index in [4.69, 9.17) is 0 Å². The molecule has 1 fully saturated rings. The fourth-order valence-corrected chi connectivity index (χ4v) is 3.38. The lowest BCUT2D eigenvalue weighted by Crippen LogP contribution is -2.42. The van der Waals surface area contributed by atoms with Crippen molar-refractivity contribution >= 4 is 17.3 Å². The van der Waals surface area contributed by atoms with Crippen LogP contribution in [0.4, 0.5) is 13.2 Å². The van der Waals surface area contributed by atoms with Gasteiger partial charge in [-0.3, -0.25) is 0 Å². The van der Waals surface area contributed by atoms with Crippen molar-refractivity contribution in [3.05, 3.63) is 16.1 Å². The molecule has 0 bridgehead atoms. The summed E-state index contributed by atoms with van der Waals surface area (Å²) in [6.07, 6.45) is -3.24. The molecule has 2 rings (SSSR count). The fraction of sp³-hybridized carbons (Fsp3) is 0.750. The SMILES string of the molecule is CCNC(=NCc1nc(C(F)(F)F)cs1)NCCN1CCCN(C)CC1. The average molecular weight is 392 g/mol. The first-order valence-electron chi connectivity index (χ1n) is 8.83. The maximum atomic E-state index is 12.6. The molecule has 2 N–H and O–H groups in total. The fourth-order valence-electron chi connectivity index (χ4n) is 2.66. The first-order valence-corrected chi connectivity index (χ1v) is 9.71. The summed E-state index contributed by atoms with van der Waals surface area (Å²) in [5.41, 5.74) is -0.850. The van der Waals surface area contributed by atoms with Crippen LogP contribution in [0, 0.1) is 0 Å². The van der Waals surface area contributed by atoms with E-state index in [1.54, 1.807) is 0 Å². The van der Waals surface area contributed by atoms with Crippen LogP contribution in [0.25, 0.3) is 0 Å². The first kappa shape index (κ1) is 20.9. The third-order valence-electron chi connectivity index (χ3n) is 4.09. The number of hydrogen-bond acceptors (Lipinski definition) is 5. The van der Waals surface area contributed by atoms with Crippen LogP contribution in [0.2, 0.25) is 0 Å². The number of thiazole rings is 1. The second-order valence-electron chi connectivity index (χ2n) is 6.24. The molecule has 148 valence electrons.